The molecular weight excluding hydrogens is 345 g/mol. The van der Waals surface area contributed by atoms with E-state index in [4.69, 9.17) is 4.74 Å². The lowest BCUT2D eigenvalue weighted by atomic mass is 9.81. The standard InChI is InChI=1S/C21H18FN3O2/c1-27-19-4-2-3-14(12-19)20-21(24-25-23-20)16-9-15(10-18(26)11-16)13-5-7-17(22)8-6-13/h2-8,11-12,15H,9-10H2,1H3,(H,23,24,25)/t15-/m1/s1. The van der Waals surface area contributed by atoms with Gasteiger partial charge in [-0.25, -0.2) is 4.39 Å². The van der Waals surface area contributed by atoms with Crippen molar-refractivity contribution >= 4 is 11.4 Å². The van der Waals surface area contributed by atoms with E-state index in [9.17, 15) is 9.18 Å². The third kappa shape index (κ3) is 3.51. The van der Waals surface area contributed by atoms with Gasteiger partial charge >= 0.3 is 0 Å². The van der Waals surface area contributed by atoms with Crippen LogP contribution in [0.25, 0.3) is 16.8 Å². The van der Waals surface area contributed by atoms with Gasteiger partial charge in [-0.1, -0.05) is 24.3 Å². The first kappa shape index (κ1) is 17.1. The smallest absolute Gasteiger partial charge is 0.156 e. The average Bonchev–Trinajstić information content (AvgIpc) is 3.18. The number of carbonyl (C=O) groups is 1. The van der Waals surface area contributed by atoms with Crippen LogP contribution >= 0.6 is 0 Å². The van der Waals surface area contributed by atoms with E-state index in [0.29, 0.717) is 24.2 Å². The molecule has 1 aliphatic carbocycles. The molecule has 0 saturated heterocycles. The zero-order valence-corrected chi connectivity index (χ0v) is 14.8. The molecular formula is C21H18FN3O2. The molecule has 6 heteroatoms. The van der Waals surface area contributed by atoms with E-state index in [1.807, 2.05) is 24.3 Å². The van der Waals surface area contributed by atoms with Gasteiger partial charge in [-0.3, -0.25) is 4.79 Å². The van der Waals surface area contributed by atoms with Crippen LogP contribution in [0.15, 0.2) is 54.6 Å². The van der Waals surface area contributed by atoms with Gasteiger partial charge in [0.25, 0.3) is 0 Å². The summed E-state index contributed by atoms with van der Waals surface area (Å²) in [7, 11) is 1.61. The fourth-order valence-electron chi connectivity index (χ4n) is 3.45. The predicted octanol–water partition coefficient (Wildman–Crippen LogP) is 4.15. The summed E-state index contributed by atoms with van der Waals surface area (Å²) >= 11 is 0. The minimum absolute atomic E-state index is 0.00652. The highest BCUT2D eigenvalue weighted by atomic mass is 19.1. The molecule has 0 spiro atoms. The van der Waals surface area contributed by atoms with Crippen LogP contribution in [0.3, 0.4) is 0 Å². The number of ketones is 1. The van der Waals surface area contributed by atoms with Crippen LogP contribution in [0.2, 0.25) is 0 Å². The fraction of sp³-hybridized carbons (Fsp3) is 0.190. The van der Waals surface area contributed by atoms with Crippen LogP contribution in [-0.2, 0) is 4.79 Å². The third-order valence-electron chi connectivity index (χ3n) is 4.79. The number of methoxy groups -OCH3 is 1. The van der Waals surface area contributed by atoms with Gasteiger partial charge in [0.05, 0.1) is 7.11 Å². The Balaban J connectivity index is 1.68. The van der Waals surface area contributed by atoms with Gasteiger partial charge in [-0.15, -0.1) is 0 Å². The summed E-state index contributed by atoms with van der Waals surface area (Å²) < 4.78 is 18.5. The molecule has 5 nitrogen and oxygen atoms in total. The van der Waals surface area contributed by atoms with Gasteiger partial charge in [0.15, 0.2) is 5.78 Å². The number of rotatable bonds is 4. The van der Waals surface area contributed by atoms with E-state index >= 15 is 0 Å². The number of allylic oxidation sites excluding steroid dienone is 2. The predicted molar refractivity (Wildman–Crippen MR) is 99.7 cm³/mol. The Morgan fingerprint density at radius 3 is 2.63 bits per heavy atom. The number of hydrogen-bond acceptors (Lipinski definition) is 4. The molecule has 0 fully saturated rings. The zero-order valence-electron chi connectivity index (χ0n) is 14.8. The number of aromatic nitrogens is 3. The monoisotopic (exact) mass is 363 g/mol. The number of hydrogen-bond donors (Lipinski definition) is 1. The molecule has 2 aromatic carbocycles. The number of nitrogens with one attached hydrogen (secondary N) is 1. The Bertz CT molecular complexity index is 1010. The molecule has 4 rings (SSSR count). The van der Waals surface area contributed by atoms with Gasteiger partial charge < -0.3 is 4.74 Å². The zero-order chi connectivity index (χ0) is 18.8. The second-order valence-electron chi connectivity index (χ2n) is 6.55. The maximum Gasteiger partial charge on any atom is 0.156 e. The lowest BCUT2D eigenvalue weighted by Crippen LogP contribution is -2.13. The highest BCUT2D eigenvalue weighted by molar-refractivity contribution is 6.00. The van der Waals surface area contributed by atoms with Crippen molar-refractivity contribution in [3.63, 3.8) is 0 Å². The van der Waals surface area contributed by atoms with E-state index in [1.54, 1.807) is 25.3 Å². The minimum atomic E-state index is -0.284. The first-order valence-corrected chi connectivity index (χ1v) is 8.68. The normalized spacial score (nSPS) is 16.9. The summed E-state index contributed by atoms with van der Waals surface area (Å²) in [6.07, 6.45) is 2.68. The van der Waals surface area contributed by atoms with Crippen LogP contribution in [0.4, 0.5) is 4.39 Å². The molecule has 0 bridgehead atoms. The summed E-state index contributed by atoms with van der Waals surface area (Å²) in [6, 6.07) is 13.9. The number of nitrogens with zero attached hydrogens (tertiary/aromatic N) is 2. The number of H-pyrrole nitrogens is 1. The Labute approximate surface area is 155 Å². The van der Waals surface area contributed by atoms with Gasteiger partial charge in [0.2, 0.25) is 0 Å². The maximum absolute atomic E-state index is 13.2. The van der Waals surface area contributed by atoms with Crippen LogP contribution in [0.5, 0.6) is 5.75 Å². The molecule has 0 aliphatic heterocycles. The molecule has 27 heavy (non-hydrogen) atoms. The highest BCUT2D eigenvalue weighted by Crippen LogP contribution is 2.38. The van der Waals surface area contributed by atoms with Crippen molar-refractivity contribution in [1.82, 2.24) is 15.4 Å². The molecule has 1 aliphatic rings. The summed E-state index contributed by atoms with van der Waals surface area (Å²) in [6.45, 7) is 0. The quantitative estimate of drug-likeness (QED) is 0.756. The van der Waals surface area contributed by atoms with Gasteiger partial charge in [-0.05, 0) is 53.8 Å². The summed E-state index contributed by atoms with van der Waals surface area (Å²) in [5, 5.41) is 11.2. The second kappa shape index (κ2) is 7.15. The Morgan fingerprint density at radius 1 is 1.07 bits per heavy atom. The molecule has 0 unspecified atom stereocenters. The van der Waals surface area contributed by atoms with Gasteiger partial charge in [-0.2, -0.15) is 15.4 Å². The number of carbonyl (C=O) groups excluding carboxylic acids is 1. The molecule has 3 aromatic rings. The average molecular weight is 363 g/mol. The maximum atomic E-state index is 13.2. The van der Waals surface area contributed by atoms with Crippen molar-refractivity contribution in [3.8, 4) is 17.0 Å². The van der Waals surface area contributed by atoms with Crippen molar-refractivity contribution in [2.45, 2.75) is 18.8 Å². The van der Waals surface area contributed by atoms with E-state index in [-0.39, 0.29) is 17.5 Å². The van der Waals surface area contributed by atoms with E-state index in [1.165, 1.54) is 12.1 Å². The number of halogens is 1. The topological polar surface area (TPSA) is 67.9 Å². The molecule has 0 amide bonds. The molecule has 0 radical (unpaired) electrons. The number of aromatic amines is 1. The number of benzene rings is 2. The van der Waals surface area contributed by atoms with Crippen molar-refractivity contribution in [3.05, 3.63) is 71.7 Å². The highest BCUT2D eigenvalue weighted by Gasteiger charge is 2.26. The van der Waals surface area contributed by atoms with Crippen LogP contribution in [-0.4, -0.2) is 28.3 Å². The summed E-state index contributed by atoms with van der Waals surface area (Å²) in [5.74, 6) is 0.464. The third-order valence-corrected chi connectivity index (χ3v) is 4.79. The molecule has 0 saturated carbocycles. The van der Waals surface area contributed by atoms with Gasteiger partial charge in [0, 0.05) is 12.0 Å². The first-order valence-electron chi connectivity index (χ1n) is 8.68. The second-order valence-corrected chi connectivity index (χ2v) is 6.55. The van der Waals surface area contributed by atoms with Crippen LogP contribution in [0, 0.1) is 5.82 Å². The molecule has 136 valence electrons. The SMILES string of the molecule is COc1cccc(-c2n[nH]nc2C2=CC(=O)C[C@H](c3ccc(F)cc3)C2)c1. The van der Waals surface area contributed by atoms with Crippen molar-refractivity contribution in [2.75, 3.05) is 7.11 Å². The van der Waals surface area contributed by atoms with Crippen molar-refractivity contribution in [2.24, 2.45) is 0 Å². The lowest BCUT2D eigenvalue weighted by Gasteiger charge is -2.22. The molecule has 1 N–H and O–H groups in total. The van der Waals surface area contributed by atoms with Crippen molar-refractivity contribution < 1.29 is 13.9 Å². The minimum Gasteiger partial charge on any atom is -0.497 e. The summed E-state index contributed by atoms with van der Waals surface area (Å²) in [4.78, 5) is 12.3. The van der Waals surface area contributed by atoms with E-state index in [2.05, 4.69) is 15.4 Å². The Hall–Kier alpha value is -3.28. The molecule has 1 atom stereocenters. The first-order chi connectivity index (χ1) is 13.1. The lowest BCUT2D eigenvalue weighted by molar-refractivity contribution is -0.115. The number of ether oxygens (including phenoxy) is 1. The van der Waals surface area contributed by atoms with E-state index in [0.717, 1.165) is 22.4 Å². The van der Waals surface area contributed by atoms with Gasteiger partial charge in [0.1, 0.15) is 23.0 Å². The Kier molecular flexibility index (Phi) is 4.54. The Morgan fingerprint density at radius 2 is 1.85 bits per heavy atom. The van der Waals surface area contributed by atoms with Crippen molar-refractivity contribution in [1.29, 1.82) is 0 Å². The summed E-state index contributed by atoms with van der Waals surface area (Å²) in [5.41, 5.74) is 3.96. The largest absolute Gasteiger partial charge is 0.497 e. The fourth-order valence-corrected chi connectivity index (χ4v) is 3.45. The van der Waals surface area contributed by atoms with Crippen LogP contribution < -0.4 is 4.74 Å². The van der Waals surface area contributed by atoms with Crippen LogP contribution in [0.1, 0.15) is 30.0 Å². The van der Waals surface area contributed by atoms with E-state index < -0.39 is 0 Å². The molecule has 1 aromatic heterocycles. The molecule has 1 heterocycles.